The number of anilines is 1. The van der Waals surface area contributed by atoms with Crippen LogP contribution in [0.4, 0.5) is 10.2 Å². The Morgan fingerprint density at radius 1 is 1.00 bits per heavy atom. The first-order valence-corrected chi connectivity index (χ1v) is 8.60. The highest BCUT2D eigenvalue weighted by Gasteiger charge is 2.14. The first-order valence-electron chi connectivity index (χ1n) is 8.60. The Hall–Kier alpha value is -4.01. The van der Waals surface area contributed by atoms with Crippen LogP contribution in [-0.2, 0) is 4.79 Å². The largest absolute Gasteiger partial charge is 0.457 e. The number of hydrogen-bond acceptors (Lipinski definition) is 6. The van der Waals surface area contributed by atoms with Crippen molar-refractivity contribution < 1.29 is 18.7 Å². The van der Waals surface area contributed by atoms with Gasteiger partial charge in [-0.2, -0.15) is 0 Å². The molecule has 1 unspecified atom stereocenters. The van der Waals surface area contributed by atoms with Gasteiger partial charge in [-0.15, -0.1) is 0 Å². The maximum Gasteiger partial charge on any atom is 0.286 e. The minimum absolute atomic E-state index is 0.201. The van der Waals surface area contributed by atoms with E-state index in [1.54, 1.807) is 37.3 Å². The van der Waals surface area contributed by atoms with E-state index in [1.165, 1.54) is 24.3 Å². The quantitative estimate of drug-likeness (QED) is 0.563. The van der Waals surface area contributed by atoms with Crippen LogP contribution in [0.1, 0.15) is 17.5 Å². The van der Waals surface area contributed by atoms with Crippen LogP contribution < -0.4 is 21.5 Å². The molecule has 9 heteroatoms. The molecule has 1 heterocycles. The normalized spacial score (nSPS) is 11.5. The van der Waals surface area contributed by atoms with Crippen LogP contribution in [-0.4, -0.2) is 27.8 Å². The number of ether oxygens (including phenoxy) is 1. The highest BCUT2D eigenvalue weighted by molar-refractivity contribution is 5.90. The zero-order valence-corrected chi connectivity index (χ0v) is 15.4. The Kier molecular flexibility index (Phi) is 5.68. The molecule has 5 N–H and O–H groups in total. The summed E-state index contributed by atoms with van der Waals surface area (Å²) in [4.78, 5) is 31.0. The molecule has 0 spiro atoms. The van der Waals surface area contributed by atoms with Crippen LogP contribution in [0.2, 0.25) is 0 Å². The van der Waals surface area contributed by atoms with E-state index in [-0.39, 0.29) is 17.5 Å². The molecule has 3 rings (SSSR count). The van der Waals surface area contributed by atoms with Crippen molar-refractivity contribution in [1.82, 2.24) is 9.97 Å². The van der Waals surface area contributed by atoms with Crippen molar-refractivity contribution in [3.8, 4) is 22.8 Å². The van der Waals surface area contributed by atoms with E-state index in [4.69, 9.17) is 16.2 Å². The minimum atomic E-state index is -0.808. The number of carbonyl (C=O) groups excluding carboxylic acids is 2. The zero-order chi connectivity index (χ0) is 21.0. The predicted molar refractivity (Wildman–Crippen MR) is 105 cm³/mol. The highest BCUT2D eigenvalue weighted by Crippen LogP contribution is 2.26. The summed E-state index contributed by atoms with van der Waals surface area (Å²) in [6, 6.07) is 13.4. The molecule has 2 amide bonds. The van der Waals surface area contributed by atoms with E-state index in [9.17, 15) is 14.0 Å². The van der Waals surface area contributed by atoms with Gasteiger partial charge in [-0.25, -0.2) is 14.4 Å². The Morgan fingerprint density at radius 3 is 2.14 bits per heavy atom. The lowest BCUT2D eigenvalue weighted by Crippen LogP contribution is -2.33. The van der Waals surface area contributed by atoms with Crippen LogP contribution in [0.5, 0.6) is 11.5 Å². The van der Waals surface area contributed by atoms with E-state index < -0.39 is 17.9 Å². The van der Waals surface area contributed by atoms with Crippen molar-refractivity contribution >= 4 is 17.6 Å². The molecule has 29 heavy (non-hydrogen) atoms. The lowest BCUT2D eigenvalue weighted by Gasteiger charge is -2.13. The molecule has 3 aromatic rings. The number of rotatable bonds is 7. The predicted octanol–water partition coefficient (Wildman–Crippen LogP) is 2.46. The number of benzene rings is 2. The number of primary amides is 2. The lowest BCUT2D eigenvalue weighted by molar-refractivity contribution is -0.118. The van der Waals surface area contributed by atoms with Gasteiger partial charge in [0.1, 0.15) is 29.2 Å². The number of nitrogens with zero attached hydrogens (tertiary/aromatic N) is 2. The molecule has 0 bridgehead atoms. The second kappa shape index (κ2) is 8.34. The smallest absolute Gasteiger partial charge is 0.286 e. The summed E-state index contributed by atoms with van der Waals surface area (Å²) in [7, 11) is 0. The Morgan fingerprint density at radius 2 is 1.59 bits per heavy atom. The maximum absolute atomic E-state index is 13.0. The fourth-order valence-corrected chi connectivity index (χ4v) is 2.40. The third kappa shape index (κ3) is 5.04. The van der Waals surface area contributed by atoms with Crippen LogP contribution in [0, 0.1) is 5.82 Å². The molecule has 0 radical (unpaired) electrons. The van der Waals surface area contributed by atoms with Gasteiger partial charge in [-0.3, -0.25) is 9.59 Å². The molecule has 0 aliphatic rings. The van der Waals surface area contributed by atoms with Crippen molar-refractivity contribution in [2.24, 2.45) is 11.5 Å². The molecule has 0 fully saturated rings. The summed E-state index contributed by atoms with van der Waals surface area (Å²) in [5, 5.41) is 2.81. The van der Waals surface area contributed by atoms with Crippen LogP contribution in [0.3, 0.4) is 0 Å². The lowest BCUT2D eigenvalue weighted by atomic mass is 10.1. The van der Waals surface area contributed by atoms with Gasteiger partial charge in [0.15, 0.2) is 0 Å². The number of amides is 2. The summed E-state index contributed by atoms with van der Waals surface area (Å²) >= 11 is 0. The summed E-state index contributed by atoms with van der Waals surface area (Å²) in [5.74, 6) is -0.674. The Labute approximate surface area is 165 Å². The number of hydrogen-bond donors (Lipinski definition) is 3. The molecule has 1 atom stereocenters. The zero-order valence-electron chi connectivity index (χ0n) is 15.4. The third-order valence-electron chi connectivity index (χ3n) is 3.94. The van der Waals surface area contributed by atoms with Crippen molar-refractivity contribution in [2.75, 3.05) is 5.32 Å². The van der Waals surface area contributed by atoms with Crippen LogP contribution >= 0.6 is 0 Å². The fraction of sp³-hybridized carbons (Fsp3) is 0.100. The summed E-state index contributed by atoms with van der Waals surface area (Å²) in [6.45, 7) is 1.57. The van der Waals surface area contributed by atoms with Crippen LogP contribution in [0.15, 0.2) is 54.6 Å². The Bertz CT molecular complexity index is 1040. The van der Waals surface area contributed by atoms with Gasteiger partial charge in [0.25, 0.3) is 5.91 Å². The third-order valence-corrected chi connectivity index (χ3v) is 3.94. The highest BCUT2D eigenvalue weighted by atomic mass is 19.1. The average molecular weight is 395 g/mol. The molecular formula is C20H18FN5O3. The van der Waals surface area contributed by atoms with Crippen molar-refractivity contribution in [3.63, 3.8) is 0 Å². The van der Waals surface area contributed by atoms with Gasteiger partial charge in [0.05, 0.1) is 5.69 Å². The standard InChI is InChI=1S/C20H18FN5O3/c1-11(18(22)27)24-17-10-16(25-20(26-17)19(23)28)12-2-6-14(7-3-12)29-15-8-4-13(21)5-9-15/h2-11H,1H3,(H2,22,27)(H2,23,28)(H,24,25,26). The van der Waals surface area contributed by atoms with Gasteiger partial charge in [0.2, 0.25) is 11.7 Å². The number of nitrogens with one attached hydrogen (secondary N) is 1. The van der Waals surface area contributed by atoms with E-state index in [0.717, 1.165) is 0 Å². The first kappa shape index (κ1) is 19.7. The molecule has 8 nitrogen and oxygen atoms in total. The number of nitrogens with two attached hydrogens (primary N) is 2. The van der Waals surface area contributed by atoms with Crippen molar-refractivity contribution in [3.05, 3.63) is 66.2 Å². The van der Waals surface area contributed by atoms with Gasteiger partial charge in [0, 0.05) is 11.6 Å². The van der Waals surface area contributed by atoms with Crippen molar-refractivity contribution in [2.45, 2.75) is 13.0 Å². The Balaban J connectivity index is 1.86. The maximum atomic E-state index is 13.0. The molecule has 1 aromatic heterocycles. The monoisotopic (exact) mass is 395 g/mol. The van der Waals surface area contributed by atoms with Crippen LogP contribution in [0.25, 0.3) is 11.3 Å². The van der Waals surface area contributed by atoms with Gasteiger partial charge < -0.3 is 21.5 Å². The number of halogens is 1. The molecule has 0 saturated heterocycles. The second-order valence-corrected chi connectivity index (χ2v) is 6.18. The van der Waals surface area contributed by atoms with Gasteiger partial charge >= 0.3 is 0 Å². The molecule has 0 saturated carbocycles. The average Bonchev–Trinajstić information content (AvgIpc) is 2.70. The first-order chi connectivity index (χ1) is 13.8. The summed E-state index contributed by atoms with van der Waals surface area (Å²) in [6.07, 6.45) is 0. The van der Waals surface area contributed by atoms with Crippen molar-refractivity contribution in [1.29, 1.82) is 0 Å². The van der Waals surface area contributed by atoms with E-state index in [0.29, 0.717) is 22.8 Å². The fourth-order valence-electron chi connectivity index (χ4n) is 2.40. The summed E-state index contributed by atoms with van der Waals surface area (Å²) in [5.41, 5.74) is 11.6. The molecule has 2 aromatic carbocycles. The second-order valence-electron chi connectivity index (χ2n) is 6.18. The SMILES string of the molecule is CC(Nc1cc(-c2ccc(Oc3ccc(F)cc3)cc2)nc(C(N)=O)n1)C(N)=O. The topological polar surface area (TPSA) is 133 Å². The number of aromatic nitrogens is 2. The summed E-state index contributed by atoms with van der Waals surface area (Å²) < 4.78 is 18.6. The molecule has 0 aliphatic carbocycles. The van der Waals surface area contributed by atoms with Gasteiger partial charge in [-0.1, -0.05) is 0 Å². The van der Waals surface area contributed by atoms with E-state index >= 15 is 0 Å². The molecule has 0 aliphatic heterocycles. The molecule has 148 valence electrons. The van der Waals surface area contributed by atoms with E-state index in [1.807, 2.05) is 0 Å². The molecular weight excluding hydrogens is 377 g/mol. The van der Waals surface area contributed by atoms with Gasteiger partial charge in [-0.05, 0) is 55.5 Å². The number of carbonyl (C=O) groups is 2. The minimum Gasteiger partial charge on any atom is -0.457 e. The van der Waals surface area contributed by atoms with E-state index in [2.05, 4.69) is 15.3 Å².